The van der Waals surface area contributed by atoms with Gasteiger partial charge in [0, 0.05) is 19.9 Å². The van der Waals surface area contributed by atoms with Gasteiger partial charge < -0.3 is 14.9 Å². The van der Waals surface area contributed by atoms with Gasteiger partial charge in [0.15, 0.2) is 0 Å². The van der Waals surface area contributed by atoms with Gasteiger partial charge in [-0.15, -0.1) is 0 Å². The molecule has 108 valence electrons. The number of nitrogens with zero attached hydrogens (tertiary/aromatic N) is 1. The van der Waals surface area contributed by atoms with Crippen molar-refractivity contribution in [2.24, 2.45) is 5.16 Å². The first-order valence-corrected chi connectivity index (χ1v) is 6.90. The van der Waals surface area contributed by atoms with Gasteiger partial charge in [-0.2, -0.15) is 0 Å². The molecule has 1 atom stereocenters. The van der Waals surface area contributed by atoms with E-state index in [2.05, 4.69) is 10.5 Å². The standard InChI is InChI=1S/C15H20N2O3/c1-16-15(18)13(11-12-7-3-2-4-8-12)17-20-14-9-5-6-10-19-14/h2-4,7-8,14H,5-6,9-11H2,1H3,(H,16,18)/b17-13-. The lowest BCUT2D eigenvalue weighted by Gasteiger charge is -2.20. The minimum atomic E-state index is -0.334. The molecule has 1 heterocycles. The third-order valence-corrected chi connectivity index (χ3v) is 3.12. The van der Waals surface area contributed by atoms with E-state index < -0.39 is 0 Å². The van der Waals surface area contributed by atoms with Crippen molar-refractivity contribution in [3.63, 3.8) is 0 Å². The molecule has 0 saturated carbocycles. The Morgan fingerprint density at radius 1 is 1.40 bits per heavy atom. The quantitative estimate of drug-likeness (QED) is 0.660. The van der Waals surface area contributed by atoms with Crippen LogP contribution in [-0.4, -0.2) is 31.6 Å². The first-order valence-electron chi connectivity index (χ1n) is 6.90. The van der Waals surface area contributed by atoms with Gasteiger partial charge in [0.1, 0.15) is 5.71 Å². The molecule has 0 bridgehead atoms. The highest BCUT2D eigenvalue weighted by molar-refractivity contribution is 6.39. The fraction of sp³-hybridized carbons (Fsp3) is 0.467. The molecule has 1 saturated heterocycles. The summed E-state index contributed by atoms with van der Waals surface area (Å²) in [5, 5.41) is 6.58. The van der Waals surface area contributed by atoms with Gasteiger partial charge in [0.2, 0.25) is 6.29 Å². The first-order chi connectivity index (χ1) is 9.79. The Bertz CT molecular complexity index is 453. The zero-order valence-electron chi connectivity index (χ0n) is 11.7. The minimum Gasteiger partial charge on any atom is -0.363 e. The molecule has 20 heavy (non-hydrogen) atoms. The van der Waals surface area contributed by atoms with Gasteiger partial charge >= 0.3 is 0 Å². The highest BCUT2D eigenvalue weighted by Gasteiger charge is 2.17. The van der Waals surface area contributed by atoms with Crippen molar-refractivity contribution >= 4 is 11.6 Å². The molecule has 5 nitrogen and oxygen atoms in total. The summed E-state index contributed by atoms with van der Waals surface area (Å²) >= 11 is 0. The van der Waals surface area contributed by atoms with E-state index in [1.807, 2.05) is 30.3 Å². The van der Waals surface area contributed by atoms with E-state index in [4.69, 9.17) is 9.57 Å². The zero-order valence-corrected chi connectivity index (χ0v) is 11.7. The summed E-state index contributed by atoms with van der Waals surface area (Å²) in [6.45, 7) is 0.689. The number of hydrogen-bond acceptors (Lipinski definition) is 4. The van der Waals surface area contributed by atoms with Crippen molar-refractivity contribution in [3.05, 3.63) is 35.9 Å². The molecule has 1 aromatic carbocycles. The molecule has 1 N–H and O–H groups in total. The van der Waals surface area contributed by atoms with Crippen molar-refractivity contribution in [2.45, 2.75) is 32.0 Å². The summed E-state index contributed by atoms with van der Waals surface area (Å²) in [7, 11) is 1.58. The highest BCUT2D eigenvalue weighted by Crippen LogP contribution is 2.14. The van der Waals surface area contributed by atoms with E-state index in [1.54, 1.807) is 7.05 Å². The van der Waals surface area contributed by atoms with Crippen LogP contribution < -0.4 is 5.32 Å². The van der Waals surface area contributed by atoms with Crippen LogP contribution in [0.25, 0.3) is 0 Å². The number of nitrogens with one attached hydrogen (secondary N) is 1. The largest absolute Gasteiger partial charge is 0.363 e. The number of carbonyl (C=O) groups excluding carboxylic acids is 1. The smallest absolute Gasteiger partial charge is 0.269 e. The summed E-state index contributed by atoms with van der Waals surface area (Å²) in [4.78, 5) is 17.2. The third kappa shape index (κ3) is 4.35. The van der Waals surface area contributed by atoms with E-state index in [0.29, 0.717) is 18.7 Å². The Labute approximate surface area is 118 Å². The van der Waals surface area contributed by atoms with Gasteiger partial charge in [-0.25, -0.2) is 0 Å². The van der Waals surface area contributed by atoms with E-state index in [9.17, 15) is 4.79 Å². The lowest BCUT2D eigenvalue weighted by Crippen LogP contribution is -2.30. The molecular weight excluding hydrogens is 256 g/mol. The Balaban J connectivity index is 2.00. The van der Waals surface area contributed by atoms with E-state index in [-0.39, 0.29) is 12.2 Å². The Kier molecular flexibility index (Phi) is 5.55. The van der Waals surface area contributed by atoms with Crippen LogP contribution >= 0.6 is 0 Å². The average Bonchev–Trinajstić information content (AvgIpc) is 2.52. The predicted molar refractivity (Wildman–Crippen MR) is 76.3 cm³/mol. The normalized spacial score (nSPS) is 19.4. The Morgan fingerprint density at radius 2 is 2.20 bits per heavy atom. The number of oxime groups is 1. The number of rotatable bonds is 5. The molecule has 1 aliphatic rings. The van der Waals surface area contributed by atoms with Crippen LogP contribution in [0.2, 0.25) is 0 Å². The lowest BCUT2D eigenvalue weighted by atomic mass is 10.1. The van der Waals surface area contributed by atoms with Crippen LogP contribution in [0.3, 0.4) is 0 Å². The van der Waals surface area contributed by atoms with Crippen LogP contribution in [0.15, 0.2) is 35.5 Å². The fourth-order valence-electron chi connectivity index (χ4n) is 2.00. The molecule has 1 fully saturated rings. The van der Waals surface area contributed by atoms with E-state index in [0.717, 1.165) is 24.8 Å². The Morgan fingerprint density at radius 3 is 2.85 bits per heavy atom. The van der Waals surface area contributed by atoms with Crippen molar-refractivity contribution < 1.29 is 14.4 Å². The molecular formula is C15H20N2O3. The molecule has 2 rings (SSSR count). The predicted octanol–water partition coefficient (Wildman–Crippen LogP) is 1.87. The summed E-state index contributed by atoms with van der Waals surface area (Å²) in [5.41, 5.74) is 1.37. The second kappa shape index (κ2) is 7.65. The lowest BCUT2D eigenvalue weighted by molar-refractivity contribution is -0.162. The second-order valence-corrected chi connectivity index (χ2v) is 4.68. The summed E-state index contributed by atoms with van der Waals surface area (Å²) in [5.74, 6) is -0.232. The maximum absolute atomic E-state index is 11.8. The van der Waals surface area contributed by atoms with Crippen LogP contribution in [0.5, 0.6) is 0 Å². The van der Waals surface area contributed by atoms with Gasteiger partial charge in [-0.3, -0.25) is 4.79 Å². The van der Waals surface area contributed by atoms with Crippen molar-refractivity contribution in [1.29, 1.82) is 0 Å². The van der Waals surface area contributed by atoms with Crippen LogP contribution in [0.1, 0.15) is 24.8 Å². The number of carbonyl (C=O) groups is 1. The molecule has 1 unspecified atom stereocenters. The molecule has 1 aromatic rings. The molecule has 0 spiro atoms. The molecule has 1 aliphatic heterocycles. The summed E-state index contributed by atoms with van der Waals surface area (Å²) in [6, 6.07) is 9.71. The topological polar surface area (TPSA) is 59.9 Å². The van der Waals surface area contributed by atoms with Crippen molar-refractivity contribution in [2.75, 3.05) is 13.7 Å². The van der Waals surface area contributed by atoms with Crippen LogP contribution in [0.4, 0.5) is 0 Å². The first kappa shape index (κ1) is 14.5. The molecule has 0 aromatic heterocycles. The maximum Gasteiger partial charge on any atom is 0.269 e. The number of amides is 1. The van der Waals surface area contributed by atoms with Crippen LogP contribution in [-0.2, 0) is 20.8 Å². The number of ether oxygens (including phenoxy) is 1. The molecule has 5 heteroatoms. The maximum atomic E-state index is 11.8. The van der Waals surface area contributed by atoms with Crippen molar-refractivity contribution in [3.8, 4) is 0 Å². The molecule has 0 radical (unpaired) electrons. The number of hydrogen-bond donors (Lipinski definition) is 1. The van der Waals surface area contributed by atoms with Crippen molar-refractivity contribution in [1.82, 2.24) is 5.32 Å². The third-order valence-electron chi connectivity index (χ3n) is 3.12. The molecule has 0 aliphatic carbocycles. The van der Waals surface area contributed by atoms with Gasteiger partial charge in [-0.05, 0) is 18.4 Å². The summed E-state index contributed by atoms with van der Waals surface area (Å²) < 4.78 is 5.43. The molecule has 1 amide bonds. The number of benzene rings is 1. The van der Waals surface area contributed by atoms with E-state index >= 15 is 0 Å². The minimum absolute atomic E-state index is 0.232. The highest BCUT2D eigenvalue weighted by atomic mass is 16.8. The SMILES string of the molecule is CNC(=O)/C(Cc1ccccc1)=N\OC1CCCCO1. The van der Waals surface area contributed by atoms with Crippen LogP contribution in [0, 0.1) is 0 Å². The second-order valence-electron chi connectivity index (χ2n) is 4.68. The van der Waals surface area contributed by atoms with Gasteiger partial charge in [-0.1, -0.05) is 35.5 Å². The van der Waals surface area contributed by atoms with Gasteiger partial charge in [0.05, 0.1) is 6.61 Å². The summed E-state index contributed by atoms with van der Waals surface area (Å²) in [6.07, 6.45) is 3.03. The average molecular weight is 276 g/mol. The van der Waals surface area contributed by atoms with Gasteiger partial charge in [0.25, 0.3) is 5.91 Å². The van der Waals surface area contributed by atoms with E-state index in [1.165, 1.54) is 0 Å². The monoisotopic (exact) mass is 276 g/mol. The zero-order chi connectivity index (χ0) is 14.2. The fourth-order valence-corrected chi connectivity index (χ4v) is 2.00. The Hall–Kier alpha value is -1.88.